The molecule has 0 spiro atoms. The zero-order chi connectivity index (χ0) is 18.5. The van der Waals surface area contributed by atoms with E-state index in [0.29, 0.717) is 5.75 Å². The summed E-state index contributed by atoms with van der Waals surface area (Å²) in [6.07, 6.45) is 1.44. The molecular formula is C18H22O7. The molecule has 0 fully saturated rings. The Bertz CT molecular complexity index is 537. The van der Waals surface area contributed by atoms with Gasteiger partial charge in [-0.25, -0.2) is 9.59 Å². The molecule has 0 aliphatic carbocycles. The van der Waals surface area contributed by atoms with Gasteiger partial charge in [-0.3, -0.25) is 0 Å². The van der Waals surface area contributed by atoms with Crippen LogP contribution in [0.5, 0.6) is 5.75 Å². The Hall–Kier alpha value is -2.64. The first-order valence-electron chi connectivity index (χ1n) is 7.56. The number of carbonyl (C=O) groups is 2. The number of hydrogen-bond donors (Lipinski definition) is 0. The molecule has 1 aromatic carbocycles. The summed E-state index contributed by atoms with van der Waals surface area (Å²) in [5.41, 5.74) is 0.742. The van der Waals surface area contributed by atoms with Crippen LogP contribution in [-0.2, 0) is 28.5 Å². The molecule has 7 nitrogen and oxygen atoms in total. The number of esters is 2. The van der Waals surface area contributed by atoms with Gasteiger partial charge in [0.25, 0.3) is 0 Å². The van der Waals surface area contributed by atoms with Gasteiger partial charge in [-0.1, -0.05) is 25.3 Å². The van der Waals surface area contributed by atoms with Crippen LogP contribution in [0.1, 0.15) is 11.9 Å². The van der Waals surface area contributed by atoms with Crippen LogP contribution in [0.2, 0.25) is 0 Å². The zero-order valence-corrected chi connectivity index (χ0v) is 14.1. The zero-order valence-electron chi connectivity index (χ0n) is 14.1. The summed E-state index contributed by atoms with van der Waals surface area (Å²) in [7, 11) is 1.57. The Morgan fingerprint density at radius 3 is 1.80 bits per heavy atom. The molecule has 0 aromatic heterocycles. The SMILES string of the molecule is C=CC(=O)OCCOC(OCCOC(=O)C=C)c1ccc(OC)cc1. The van der Waals surface area contributed by atoms with E-state index in [2.05, 4.69) is 13.2 Å². The Labute approximate surface area is 146 Å². The highest BCUT2D eigenvalue weighted by molar-refractivity contribution is 5.81. The van der Waals surface area contributed by atoms with Crippen LogP contribution in [-0.4, -0.2) is 45.5 Å². The maximum Gasteiger partial charge on any atom is 0.330 e. The monoisotopic (exact) mass is 350 g/mol. The van der Waals surface area contributed by atoms with E-state index in [1.54, 1.807) is 31.4 Å². The number of hydrogen-bond acceptors (Lipinski definition) is 7. The first-order chi connectivity index (χ1) is 12.1. The van der Waals surface area contributed by atoms with Crippen molar-refractivity contribution in [2.75, 3.05) is 33.5 Å². The second kappa shape index (κ2) is 11.8. The largest absolute Gasteiger partial charge is 0.497 e. The fourth-order valence-electron chi connectivity index (χ4n) is 1.71. The van der Waals surface area contributed by atoms with Gasteiger partial charge in [0.1, 0.15) is 19.0 Å². The molecular weight excluding hydrogens is 328 g/mol. The summed E-state index contributed by atoms with van der Waals surface area (Å²) in [6.45, 7) is 7.00. The molecule has 7 heteroatoms. The maximum atomic E-state index is 11.0. The molecule has 0 bridgehead atoms. The molecule has 0 N–H and O–H groups in total. The number of methoxy groups -OCH3 is 1. The Morgan fingerprint density at radius 1 is 0.920 bits per heavy atom. The third-order valence-electron chi connectivity index (χ3n) is 2.92. The van der Waals surface area contributed by atoms with E-state index < -0.39 is 18.2 Å². The van der Waals surface area contributed by atoms with Gasteiger partial charge in [-0.15, -0.1) is 0 Å². The van der Waals surface area contributed by atoms with Crippen LogP contribution in [0.25, 0.3) is 0 Å². The molecule has 0 heterocycles. The minimum atomic E-state index is -0.712. The standard InChI is InChI=1S/C18H22O7/c1-4-16(19)22-10-12-24-18(25-13-11-23-17(20)5-2)14-6-8-15(21-3)9-7-14/h4-9,18H,1-2,10-13H2,3H3. The van der Waals surface area contributed by atoms with Gasteiger partial charge in [0.15, 0.2) is 6.29 Å². The van der Waals surface area contributed by atoms with Gasteiger partial charge in [0.05, 0.1) is 20.3 Å². The van der Waals surface area contributed by atoms with Gasteiger partial charge >= 0.3 is 11.9 Å². The molecule has 1 aromatic rings. The van der Waals surface area contributed by atoms with Crippen LogP contribution in [0.15, 0.2) is 49.6 Å². The van der Waals surface area contributed by atoms with E-state index in [1.165, 1.54) is 0 Å². The third-order valence-corrected chi connectivity index (χ3v) is 2.92. The van der Waals surface area contributed by atoms with Crippen LogP contribution < -0.4 is 4.74 Å². The Morgan fingerprint density at radius 2 is 1.40 bits per heavy atom. The molecule has 0 radical (unpaired) electrons. The Kier molecular flexibility index (Phi) is 9.65. The average molecular weight is 350 g/mol. The van der Waals surface area contributed by atoms with Crippen molar-refractivity contribution in [1.29, 1.82) is 0 Å². The molecule has 0 unspecified atom stereocenters. The number of benzene rings is 1. The lowest BCUT2D eigenvalue weighted by Gasteiger charge is -2.19. The van der Waals surface area contributed by atoms with Crippen molar-refractivity contribution in [2.24, 2.45) is 0 Å². The first-order valence-corrected chi connectivity index (χ1v) is 7.56. The molecule has 0 saturated heterocycles. The highest BCUT2D eigenvalue weighted by Crippen LogP contribution is 2.21. The second-order valence-electron chi connectivity index (χ2n) is 4.59. The van der Waals surface area contributed by atoms with Gasteiger partial charge in [-0.05, 0) is 12.1 Å². The van der Waals surface area contributed by atoms with Gasteiger partial charge in [0, 0.05) is 17.7 Å². The van der Waals surface area contributed by atoms with Crippen LogP contribution >= 0.6 is 0 Å². The molecule has 1 rings (SSSR count). The van der Waals surface area contributed by atoms with Crippen molar-refractivity contribution in [3.63, 3.8) is 0 Å². The number of rotatable bonds is 12. The minimum absolute atomic E-state index is 0.0618. The van der Waals surface area contributed by atoms with Gasteiger partial charge in [0.2, 0.25) is 0 Å². The normalized spacial score (nSPS) is 10.2. The van der Waals surface area contributed by atoms with E-state index >= 15 is 0 Å². The first kappa shape index (κ1) is 20.4. The smallest absolute Gasteiger partial charge is 0.330 e. The number of ether oxygens (including phenoxy) is 5. The van der Waals surface area contributed by atoms with Crippen molar-refractivity contribution in [3.8, 4) is 5.75 Å². The summed E-state index contributed by atoms with van der Waals surface area (Å²) in [5, 5.41) is 0. The molecule has 0 amide bonds. The molecule has 0 aliphatic rings. The summed E-state index contributed by atoms with van der Waals surface area (Å²) < 4.78 is 26.0. The molecule has 0 aliphatic heterocycles. The summed E-state index contributed by atoms with van der Waals surface area (Å²) in [6, 6.07) is 7.11. The number of carbonyl (C=O) groups excluding carboxylic acids is 2. The predicted octanol–water partition coefficient (Wildman–Crippen LogP) is 2.19. The molecule has 136 valence electrons. The maximum absolute atomic E-state index is 11.0. The quantitative estimate of drug-likeness (QED) is 0.247. The average Bonchev–Trinajstić information content (AvgIpc) is 2.66. The second-order valence-corrected chi connectivity index (χ2v) is 4.59. The lowest BCUT2D eigenvalue weighted by atomic mass is 10.2. The Balaban J connectivity index is 2.55. The molecule has 0 atom stereocenters. The fraction of sp³-hybridized carbons (Fsp3) is 0.333. The predicted molar refractivity (Wildman–Crippen MR) is 90.0 cm³/mol. The molecule has 25 heavy (non-hydrogen) atoms. The van der Waals surface area contributed by atoms with Crippen LogP contribution in [0, 0.1) is 0 Å². The van der Waals surface area contributed by atoms with E-state index in [-0.39, 0.29) is 26.4 Å². The van der Waals surface area contributed by atoms with E-state index in [4.69, 9.17) is 23.7 Å². The van der Waals surface area contributed by atoms with E-state index in [1.807, 2.05) is 0 Å². The topological polar surface area (TPSA) is 80.3 Å². The highest BCUT2D eigenvalue weighted by Gasteiger charge is 2.13. The summed E-state index contributed by atoms with van der Waals surface area (Å²) in [4.78, 5) is 22.0. The highest BCUT2D eigenvalue weighted by atomic mass is 16.7. The van der Waals surface area contributed by atoms with Gasteiger partial charge < -0.3 is 23.7 Å². The fourth-order valence-corrected chi connectivity index (χ4v) is 1.71. The van der Waals surface area contributed by atoms with Crippen molar-refractivity contribution in [3.05, 3.63) is 55.1 Å². The van der Waals surface area contributed by atoms with E-state index in [9.17, 15) is 9.59 Å². The van der Waals surface area contributed by atoms with Crippen molar-refractivity contribution in [1.82, 2.24) is 0 Å². The van der Waals surface area contributed by atoms with E-state index in [0.717, 1.165) is 17.7 Å². The lowest BCUT2D eigenvalue weighted by Crippen LogP contribution is -2.17. The minimum Gasteiger partial charge on any atom is -0.497 e. The van der Waals surface area contributed by atoms with Crippen molar-refractivity contribution in [2.45, 2.75) is 6.29 Å². The van der Waals surface area contributed by atoms with Gasteiger partial charge in [-0.2, -0.15) is 0 Å². The third kappa shape index (κ3) is 8.14. The lowest BCUT2D eigenvalue weighted by molar-refractivity contribution is -0.169. The molecule has 0 saturated carbocycles. The van der Waals surface area contributed by atoms with Crippen LogP contribution in [0.4, 0.5) is 0 Å². The summed E-state index contributed by atoms with van der Waals surface area (Å²) >= 11 is 0. The summed E-state index contributed by atoms with van der Waals surface area (Å²) in [5.74, 6) is -0.356. The van der Waals surface area contributed by atoms with Crippen molar-refractivity contribution < 1.29 is 33.3 Å². The van der Waals surface area contributed by atoms with Crippen molar-refractivity contribution >= 4 is 11.9 Å². The van der Waals surface area contributed by atoms with Crippen LogP contribution in [0.3, 0.4) is 0 Å².